The number of nitrogens with two attached hydrogens (primary N) is 1. The number of carbonyl (C=O) groups is 3. The highest BCUT2D eigenvalue weighted by Crippen LogP contribution is 2.43. The number of aromatic nitrogens is 2. The molecule has 3 aliphatic heterocycles. The minimum atomic E-state index is -1.36. The molecule has 0 bridgehead atoms. The van der Waals surface area contributed by atoms with E-state index in [0.29, 0.717) is 5.57 Å². The first-order valence-corrected chi connectivity index (χ1v) is 8.94. The molecule has 3 aliphatic rings. The number of rotatable bonds is 3. The Labute approximate surface area is 152 Å². The summed E-state index contributed by atoms with van der Waals surface area (Å²) in [6.45, 7) is 0. The Bertz CT molecular complexity index is 897. The summed E-state index contributed by atoms with van der Waals surface area (Å²) >= 11 is 2.08. The monoisotopic (exact) mass is 398 g/mol. The van der Waals surface area contributed by atoms with Crippen LogP contribution < -0.4 is 11.1 Å². The summed E-state index contributed by atoms with van der Waals surface area (Å²) in [5.41, 5.74) is 5.29. The van der Waals surface area contributed by atoms with E-state index in [9.17, 15) is 19.5 Å². The zero-order valence-corrected chi connectivity index (χ0v) is 14.3. The van der Waals surface area contributed by atoms with Gasteiger partial charge in [0.05, 0.1) is 0 Å². The number of amides is 2. The molecule has 3 atom stereocenters. The van der Waals surface area contributed by atoms with Crippen LogP contribution in [0.25, 0.3) is 0 Å². The number of aliphatic hydroxyl groups excluding tert-OH is 1. The number of nitrogens with one attached hydrogen (secondary N) is 1. The van der Waals surface area contributed by atoms with Gasteiger partial charge in [-0.05, 0) is 0 Å². The second-order valence-corrected chi connectivity index (χ2v) is 7.29. The van der Waals surface area contributed by atoms with Crippen molar-refractivity contribution in [3.63, 3.8) is 0 Å². The molecule has 14 heteroatoms. The molecule has 0 aromatic carbocycles. The van der Waals surface area contributed by atoms with Crippen molar-refractivity contribution in [1.82, 2.24) is 19.6 Å². The van der Waals surface area contributed by atoms with Crippen LogP contribution in [0, 0.1) is 0 Å². The second kappa shape index (κ2) is 5.93. The van der Waals surface area contributed by atoms with Gasteiger partial charge < -0.3 is 26.1 Å². The maximum atomic E-state index is 12.4. The van der Waals surface area contributed by atoms with E-state index in [2.05, 4.69) is 19.8 Å². The molecule has 12 nitrogen and oxygen atoms in total. The molecule has 1 aromatic rings. The maximum absolute atomic E-state index is 12.4. The van der Waals surface area contributed by atoms with Gasteiger partial charge in [0.25, 0.3) is 11.8 Å². The number of nitrogens with zero attached hydrogens (tertiary/aromatic N) is 4. The average Bonchev–Trinajstić information content (AvgIpc) is 3.15. The number of hydrogen-bond donors (Lipinski definition) is 4. The van der Waals surface area contributed by atoms with Crippen molar-refractivity contribution < 1.29 is 29.4 Å². The molecule has 0 saturated carbocycles. The third kappa shape index (κ3) is 2.33. The summed E-state index contributed by atoms with van der Waals surface area (Å²) in [6.07, 6.45) is -1.36. The summed E-state index contributed by atoms with van der Waals surface area (Å²) in [6, 6.07) is -0.945. The van der Waals surface area contributed by atoms with E-state index >= 15 is 0 Å². The molecule has 1 aromatic heterocycles. The minimum absolute atomic E-state index is 0.0155. The minimum Gasteiger partial charge on any atom is -0.427 e. The Balaban J connectivity index is 1.51. The lowest BCUT2D eigenvalue weighted by Gasteiger charge is -2.48. The number of β-lactam (4-membered cyclic amide) rings is 1. The normalized spacial score (nSPS) is 27.7. The Morgan fingerprint density at radius 3 is 2.88 bits per heavy atom. The van der Waals surface area contributed by atoms with Crippen molar-refractivity contribution in [1.29, 1.82) is 0 Å². The number of aliphatic hydroxyl groups is 1. The molecule has 1 saturated heterocycles. The van der Waals surface area contributed by atoms with E-state index in [1.54, 1.807) is 0 Å². The maximum Gasteiger partial charge on any atom is 0.357 e. The van der Waals surface area contributed by atoms with Gasteiger partial charge >= 0.3 is 5.97 Å². The van der Waals surface area contributed by atoms with Gasteiger partial charge in [0.1, 0.15) is 17.1 Å². The number of hydrogen-bond acceptors (Lipinski definition) is 12. The molecule has 4 rings (SSSR count). The van der Waals surface area contributed by atoms with Crippen LogP contribution in [0.3, 0.4) is 0 Å². The fourth-order valence-electron chi connectivity index (χ4n) is 2.78. The van der Waals surface area contributed by atoms with Crippen molar-refractivity contribution in [2.45, 2.75) is 17.7 Å². The predicted octanol–water partition coefficient (Wildman–Crippen LogP) is -2.17. The van der Waals surface area contributed by atoms with Gasteiger partial charge in [-0.25, -0.2) is 4.79 Å². The SMILES string of the molecule is Nc1nc(/C(=N/O)C(=O)N[C@@H]2C(=O)N3C4=C(CS[C@H]23)C(O)OC4=O)ns1. The van der Waals surface area contributed by atoms with Gasteiger partial charge in [-0.2, -0.15) is 9.36 Å². The molecule has 0 radical (unpaired) electrons. The largest absolute Gasteiger partial charge is 0.427 e. The highest BCUT2D eigenvalue weighted by Gasteiger charge is 2.57. The van der Waals surface area contributed by atoms with Crippen LogP contribution in [0.5, 0.6) is 0 Å². The fraction of sp³-hybridized carbons (Fsp3) is 0.333. The number of oxime groups is 1. The van der Waals surface area contributed by atoms with E-state index in [4.69, 9.17) is 15.7 Å². The highest BCUT2D eigenvalue weighted by atomic mass is 32.2. The zero-order valence-electron chi connectivity index (χ0n) is 12.6. The average molecular weight is 398 g/mol. The molecule has 0 spiro atoms. The zero-order chi connectivity index (χ0) is 18.6. The molecule has 1 unspecified atom stereocenters. The number of ether oxygens (including phenoxy) is 1. The van der Waals surface area contributed by atoms with Crippen LogP contribution in [-0.4, -0.2) is 71.5 Å². The number of thioether (sulfide) groups is 1. The lowest BCUT2D eigenvalue weighted by atomic mass is 10.0. The topological polar surface area (TPSA) is 180 Å². The molecule has 136 valence electrons. The Kier molecular flexibility index (Phi) is 3.82. The van der Waals surface area contributed by atoms with Crippen LogP contribution >= 0.6 is 23.3 Å². The highest BCUT2D eigenvalue weighted by molar-refractivity contribution is 8.00. The smallest absolute Gasteiger partial charge is 0.357 e. The van der Waals surface area contributed by atoms with E-state index in [0.717, 1.165) is 11.5 Å². The van der Waals surface area contributed by atoms with Crippen LogP contribution in [0.1, 0.15) is 5.82 Å². The van der Waals surface area contributed by atoms with E-state index in [1.165, 1.54) is 16.7 Å². The third-order valence-corrected chi connectivity index (χ3v) is 5.81. The van der Waals surface area contributed by atoms with Crippen LogP contribution in [0.15, 0.2) is 16.4 Å². The number of esters is 1. The summed E-state index contributed by atoms with van der Waals surface area (Å²) < 4.78 is 8.49. The van der Waals surface area contributed by atoms with Gasteiger partial charge in [-0.3, -0.25) is 14.5 Å². The van der Waals surface area contributed by atoms with Gasteiger partial charge in [0.2, 0.25) is 17.8 Å². The van der Waals surface area contributed by atoms with Crippen molar-refractivity contribution in [2.75, 3.05) is 11.5 Å². The third-order valence-electron chi connectivity index (χ3n) is 3.96. The molecule has 1 fully saturated rings. The number of cyclic esters (lactones) is 1. The summed E-state index contributed by atoms with van der Waals surface area (Å²) in [5.74, 6) is -2.08. The summed E-state index contributed by atoms with van der Waals surface area (Å²) in [5, 5.41) is 23.6. The van der Waals surface area contributed by atoms with Crippen LogP contribution in [-0.2, 0) is 19.1 Å². The first-order chi connectivity index (χ1) is 12.4. The lowest BCUT2D eigenvalue weighted by molar-refractivity contribution is -0.157. The Hall–Kier alpha value is -2.71. The van der Waals surface area contributed by atoms with Crippen molar-refractivity contribution >= 4 is 51.9 Å². The molecule has 0 aliphatic carbocycles. The molecule has 5 N–H and O–H groups in total. The lowest BCUT2D eigenvalue weighted by Crippen LogP contribution is -2.70. The number of carbonyl (C=O) groups excluding carboxylic acids is 3. The Morgan fingerprint density at radius 1 is 1.46 bits per heavy atom. The van der Waals surface area contributed by atoms with Crippen molar-refractivity contribution in [3.8, 4) is 0 Å². The predicted molar refractivity (Wildman–Crippen MR) is 86.8 cm³/mol. The quantitative estimate of drug-likeness (QED) is 0.144. The number of nitrogen functional groups attached to an aromatic ring is 1. The standard InChI is InChI=1S/C12H10N6O6S2/c13-12-15-6(17-26-12)3(16-23)7(19)14-4-8(20)18-5-2(1-25-9(4)18)10(21)24-11(5)22/h4,9-10,21,23H,1H2,(H,14,19)(H2,13,15,17)/b16-3-/t4-,9-,10?/m1/s1. The fourth-order valence-corrected chi connectivity index (χ4v) is 4.58. The molecular formula is C12H10N6O6S2. The van der Waals surface area contributed by atoms with E-state index in [-0.39, 0.29) is 22.4 Å². The molecule has 2 amide bonds. The van der Waals surface area contributed by atoms with Gasteiger partial charge in [-0.1, -0.05) is 5.16 Å². The van der Waals surface area contributed by atoms with E-state index in [1.807, 2.05) is 0 Å². The van der Waals surface area contributed by atoms with Crippen molar-refractivity contribution in [3.05, 3.63) is 17.1 Å². The number of fused-ring (bicyclic) bond motifs is 2. The second-order valence-electron chi connectivity index (χ2n) is 5.40. The Morgan fingerprint density at radius 2 is 2.23 bits per heavy atom. The summed E-state index contributed by atoms with van der Waals surface area (Å²) in [7, 11) is 0. The van der Waals surface area contributed by atoms with E-state index < -0.39 is 41.2 Å². The van der Waals surface area contributed by atoms with Gasteiger partial charge in [0, 0.05) is 22.9 Å². The van der Waals surface area contributed by atoms with Crippen molar-refractivity contribution in [2.24, 2.45) is 5.16 Å². The first kappa shape index (κ1) is 16.7. The van der Waals surface area contributed by atoms with Gasteiger partial charge in [-0.15, -0.1) is 11.8 Å². The molecule has 4 heterocycles. The summed E-state index contributed by atoms with van der Waals surface area (Å²) in [4.78, 5) is 41.5. The number of anilines is 1. The first-order valence-electron chi connectivity index (χ1n) is 7.11. The van der Waals surface area contributed by atoms with Crippen LogP contribution in [0.4, 0.5) is 5.13 Å². The molecule has 26 heavy (non-hydrogen) atoms. The van der Waals surface area contributed by atoms with Crippen LogP contribution in [0.2, 0.25) is 0 Å². The van der Waals surface area contributed by atoms with Gasteiger partial charge in [0.15, 0.2) is 5.13 Å². The molecular weight excluding hydrogens is 388 g/mol.